The fraction of sp³-hybridized carbons (Fsp3) is 0.474. The summed E-state index contributed by atoms with van der Waals surface area (Å²) in [7, 11) is 0. The van der Waals surface area contributed by atoms with Gasteiger partial charge in [-0.2, -0.15) is 0 Å². The molecule has 1 amide bonds. The molecule has 0 bridgehead atoms. The van der Waals surface area contributed by atoms with Gasteiger partial charge in [0.1, 0.15) is 5.82 Å². The van der Waals surface area contributed by atoms with E-state index in [0.717, 1.165) is 41.0 Å². The number of para-hydroxylation sites is 1. The van der Waals surface area contributed by atoms with Gasteiger partial charge in [-0.15, -0.1) is 0 Å². The molecule has 2 aliphatic rings. The van der Waals surface area contributed by atoms with Gasteiger partial charge >= 0.3 is 0 Å². The lowest BCUT2D eigenvalue weighted by molar-refractivity contribution is 0.0952. The van der Waals surface area contributed by atoms with Crippen LogP contribution in [0.25, 0.3) is 10.9 Å². The molecule has 1 unspecified atom stereocenters. The van der Waals surface area contributed by atoms with E-state index in [1.165, 1.54) is 19.3 Å². The fourth-order valence-corrected chi connectivity index (χ4v) is 3.22. The summed E-state index contributed by atoms with van der Waals surface area (Å²) in [5, 5.41) is 7.53. The van der Waals surface area contributed by atoms with Crippen LogP contribution < -0.4 is 10.6 Å². The number of nitrogens with zero attached hydrogens (tertiary/aromatic N) is 1. The summed E-state index contributed by atoms with van der Waals surface area (Å²) in [6, 6.07) is 10.6. The molecule has 2 aromatic rings. The summed E-state index contributed by atoms with van der Waals surface area (Å²) < 4.78 is 0. The van der Waals surface area contributed by atoms with Crippen LogP contribution in [0, 0.1) is 5.92 Å². The predicted octanol–water partition coefficient (Wildman–Crippen LogP) is 3.73. The summed E-state index contributed by atoms with van der Waals surface area (Å²) in [5.74, 6) is 1.56. The number of hydrogen-bond acceptors (Lipinski definition) is 3. The second-order valence-corrected chi connectivity index (χ2v) is 6.94. The molecule has 0 aliphatic heterocycles. The topological polar surface area (TPSA) is 54.0 Å². The van der Waals surface area contributed by atoms with Gasteiger partial charge in [0, 0.05) is 17.5 Å². The van der Waals surface area contributed by atoms with Crippen LogP contribution in [-0.2, 0) is 0 Å². The third-order valence-corrected chi connectivity index (χ3v) is 5.11. The van der Waals surface area contributed by atoms with Gasteiger partial charge in [0.15, 0.2) is 0 Å². The van der Waals surface area contributed by atoms with Crippen LogP contribution in [0.3, 0.4) is 0 Å². The maximum absolute atomic E-state index is 12.6. The maximum atomic E-state index is 12.6. The summed E-state index contributed by atoms with van der Waals surface area (Å²) in [6.07, 6.45) is 6.10. The lowest BCUT2D eigenvalue weighted by atomic mass is 9.80. The van der Waals surface area contributed by atoms with Crippen LogP contribution in [0.4, 0.5) is 5.82 Å². The van der Waals surface area contributed by atoms with Gasteiger partial charge in [-0.25, -0.2) is 4.98 Å². The Balaban J connectivity index is 1.65. The van der Waals surface area contributed by atoms with Crippen molar-refractivity contribution >= 4 is 22.6 Å². The van der Waals surface area contributed by atoms with Gasteiger partial charge in [-0.05, 0) is 50.7 Å². The van der Waals surface area contributed by atoms with Crippen LogP contribution in [0.2, 0.25) is 0 Å². The van der Waals surface area contributed by atoms with Crippen LogP contribution >= 0.6 is 0 Å². The largest absolute Gasteiger partial charge is 0.367 e. The smallest absolute Gasteiger partial charge is 0.252 e. The first kappa shape index (κ1) is 14.5. The van der Waals surface area contributed by atoms with Crippen molar-refractivity contribution in [3.8, 4) is 0 Å². The Morgan fingerprint density at radius 3 is 2.70 bits per heavy atom. The van der Waals surface area contributed by atoms with Gasteiger partial charge in [0.25, 0.3) is 5.91 Å². The third kappa shape index (κ3) is 3.03. The number of nitrogens with one attached hydrogen (secondary N) is 2. The SMILES string of the molecule is CC(Nc1cc(C(=O)NC2CC2)c2ccccc2n1)C1CCC1. The average molecular weight is 309 g/mol. The minimum absolute atomic E-state index is 0.0189. The van der Waals surface area contributed by atoms with Gasteiger partial charge in [-0.1, -0.05) is 24.6 Å². The van der Waals surface area contributed by atoms with Crippen molar-refractivity contribution in [1.82, 2.24) is 10.3 Å². The third-order valence-electron chi connectivity index (χ3n) is 5.11. The number of fused-ring (bicyclic) bond motifs is 1. The Morgan fingerprint density at radius 2 is 2.00 bits per heavy atom. The molecule has 2 N–H and O–H groups in total. The number of hydrogen-bond donors (Lipinski definition) is 2. The molecule has 1 heterocycles. The molecule has 0 saturated heterocycles. The lowest BCUT2D eigenvalue weighted by Crippen LogP contribution is -2.31. The highest BCUT2D eigenvalue weighted by Crippen LogP contribution is 2.31. The summed E-state index contributed by atoms with van der Waals surface area (Å²) in [5.41, 5.74) is 1.60. The maximum Gasteiger partial charge on any atom is 0.252 e. The molecule has 4 nitrogen and oxygen atoms in total. The minimum Gasteiger partial charge on any atom is -0.367 e. The molecule has 0 spiro atoms. The zero-order valence-corrected chi connectivity index (χ0v) is 13.5. The van der Waals surface area contributed by atoms with Crippen LogP contribution in [0.5, 0.6) is 0 Å². The highest BCUT2D eigenvalue weighted by molar-refractivity contribution is 6.07. The van der Waals surface area contributed by atoms with Crippen molar-refractivity contribution in [2.45, 2.75) is 51.1 Å². The van der Waals surface area contributed by atoms with Crippen molar-refractivity contribution in [3.63, 3.8) is 0 Å². The van der Waals surface area contributed by atoms with Crippen molar-refractivity contribution in [2.24, 2.45) is 5.92 Å². The number of pyridine rings is 1. The first-order chi connectivity index (χ1) is 11.2. The monoisotopic (exact) mass is 309 g/mol. The molecule has 1 atom stereocenters. The molecule has 2 saturated carbocycles. The number of amides is 1. The molecule has 1 aromatic carbocycles. The molecule has 0 radical (unpaired) electrons. The lowest BCUT2D eigenvalue weighted by Gasteiger charge is -2.32. The predicted molar refractivity (Wildman–Crippen MR) is 92.7 cm³/mol. The van der Waals surface area contributed by atoms with Gasteiger partial charge in [0.05, 0.1) is 11.1 Å². The van der Waals surface area contributed by atoms with Crippen LogP contribution in [0.15, 0.2) is 30.3 Å². The fourth-order valence-electron chi connectivity index (χ4n) is 3.22. The van der Waals surface area contributed by atoms with E-state index in [0.29, 0.717) is 12.1 Å². The van der Waals surface area contributed by atoms with Gasteiger partial charge < -0.3 is 10.6 Å². The highest BCUT2D eigenvalue weighted by atomic mass is 16.1. The molecular weight excluding hydrogens is 286 g/mol. The Bertz CT molecular complexity index is 734. The summed E-state index contributed by atoms with van der Waals surface area (Å²) >= 11 is 0. The zero-order valence-electron chi connectivity index (χ0n) is 13.5. The Labute approximate surface area is 136 Å². The van der Waals surface area contributed by atoms with Crippen molar-refractivity contribution in [3.05, 3.63) is 35.9 Å². The number of carbonyl (C=O) groups is 1. The Kier molecular flexibility index (Phi) is 3.68. The number of benzene rings is 1. The zero-order chi connectivity index (χ0) is 15.8. The Hall–Kier alpha value is -2.10. The van der Waals surface area contributed by atoms with Gasteiger partial charge in [-0.3, -0.25) is 4.79 Å². The van der Waals surface area contributed by atoms with E-state index in [4.69, 9.17) is 4.98 Å². The molecule has 2 aliphatic carbocycles. The minimum atomic E-state index is 0.0189. The first-order valence-corrected chi connectivity index (χ1v) is 8.68. The normalized spacial score (nSPS) is 19.2. The quantitative estimate of drug-likeness (QED) is 0.885. The molecule has 23 heavy (non-hydrogen) atoms. The van der Waals surface area contributed by atoms with E-state index in [-0.39, 0.29) is 5.91 Å². The van der Waals surface area contributed by atoms with Gasteiger partial charge in [0.2, 0.25) is 0 Å². The van der Waals surface area contributed by atoms with E-state index >= 15 is 0 Å². The standard InChI is InChI=1S/C19H23N3O/c1-12(13-5-4-6-13)20-18-11-16(19(23)21-14-9-10-14)15-7-2-3-8-17(15)22-18/h2-3,7-8,11-14H,4-6,9-10H2,1H3,(H,20,22)(H,21,23). The second-order valence-electron chi connectivity index (χ2n) is 6.94. The van der Waals surface area contributed by atoms with Crippen LogP contribution in [-0.4, -0.2) is 23.0 Å². The Morgan fingerprint density at radius 1 is 1.22 bits per heavy atom. The number of rotatable bonds is 5. The van der Waals surface area contributed by atoms with E-state index in [1.54, 1.807) is 0 Å². The van der Waals surface area contributed by atoms with E-state index in [1.807, 2.05) is 30.3 Å². The molecule has 2 fully saturated rings. The number of anilines is 1. The average Bonchev–Trinajstić information content (AvgIpc) is 3.28. The van der Waals surface area contributed by atoms with Crippen molar-refractivity contribution in [1.29, 1.82) is 0 Å². The summed E-state index contributed by atoms with van der Waals surface area (Å²) in [4.78, 5) is 17.3. The first-order valence-electron chi connectivity index (χ1n) is 8.68. The number of carbonyl (C=O) groups excluding carboxylic acids is 1. The van der Waals surface area contributed by atoms with E-state index < -0.39 is 0 Å². The van der Waals surface area contributed by atoms with Crippen molar-refractivity contribution in [2.75, 3.05) is 5.32 Å². The van der Waals surface area contributed by atoms with Crippen molar-refractivity contribution < 1.29 is 4.79 Å². The van der Waals surface area contributed by atoms with E-state index in [2.05, 4.69) is 17.6 Å². The van der Waals surface area contributed by atoms with E-state index in [9.17, 15) is 4.79 Å². The molecule has 120 valence electrons. The molecular formula is C19H23N3O. The second kappa shape index (κ2) is 5.84. The summed E-state index contributed by atoms with van der Waals surface area (Å²) in [6.45, 7) is 2.21. The highest BCUT2D eigenvalue weighted by Gasteiger charge is 2.26. The molecule has 4 heteroatoms. The molecule has 1 aromatic heterocycles. The van der Waals surface area contributed by atoms with Crippen LogP contribution in [0.1, 0.15) is 49.4 Å². The molecule has 4 rings (SSSR count). The number of aromatic nitrogens is 1.